The van der Waals surface area contributed by atoms with Crippen LogP contribution in [0.5, 0.6) is 0 Å². The van der Waals surface area contributed by atoms with Gasteiger partial charge in [0, 0.05) is 30.9 Å². The molecule has 0 radical (unpaired) electrons. The maximum atomic E-state index is 6.16. The summed E-state index contributed by atoms with van der Waals surface area (Å²) >= 11 is 1.88. The highest BCUT2D eigenvalue weighted by atomic mass is 32.1. The lowest BCUT2D eigenvalue weighted by Crippen LogP contribution is -1.87. The van der Waals surface area contributed by atoms with Crippen molar-refractivity contribution in [2.75, 3.05) is 0 Å². The Morgan fingerprint density at radius 1 is 0.375 bits per heavy atom. The van der Waals surface area contributed by atoms with Crippen LogP contribution in [-0.2, 0) is 0 Å². The molecule has 186 valence electrons. The summed E-state index contributed by atoms with van der Waals surface area (Å²) in [5.74, 6) is 0. The van der Waals surface area contributed by atoms with Crippen LogP contribution in [-0.4, -0.2) is 0 Å². The lowest BCUT2D eigenvalue weighted by Gasteiger charge is -2.14. The topological polar surface area (TPSA) is 13.1 Å². The maximum absolute atomic E-state index is 6.16. The van der Waals surface area contributed by atoms with Gasteiger partial charge in [0.25, 0.3) is 0 Å². The van der Waals surface area contributed by atoms with E-state index < -0.39 is 0 Å². The zero-order valence-electron chi connectivity index (χ0n) is 21.5. The van der Waals surface area contributed by atoms with Crippen molar-refractivity contribution in [3.8, 4) is 22.3 Å². The first-order valence-corrected chi connectivity index (χ1v) is 14.4. The molecule has 7 aromatic carbocycles. The lowest BCUT2D eigenvalue weighted by atomic mass is 9.90. The molecule has 0 saturated heterocycles. The number of para-hydroxylation sites is 1. The molecule has 40 heavy (non-hydrogen) atoms. The van der Waals surface area contributed by atoms with Gasteiger partial charge in [-0.25, -0.2) is 0 Å². The number of hydrogen-bond acceptors (Lipinski definition) is 2. The van der Waals surface area contributed by atoms with Crippen molar-refractivity contribution in [2.45, 2.75) is 0 Å². The third kappa shape index (κ3) is 3.20. The van der Waals surface area contributed by atoms with E-state index >= 15 is 0 Å². The molecule has 1 nitrogen and oxygen atoms in total. The fraction of sp³-hybridized carbons (Fsp3) is 0. The molecule has 0 unspecified atom stereocenters. The van der Waals surface area contributed by atoms with E-state index in [2.05, 4.69) is 121 Å². The Labute approximate surface area is 234 Å². The van der Waals surface area contributed by atoms with Crippen molar-refractivity contribution >= 4 is 75.0 Å². The van der Waals surface area contributed by atoms with Crippen molar-refractivity contribution in [2.24, 2.45) is 0 Å². The Balaban J connectivity index is 1.39. The SMILES string of the molecule is c1ccc(-c2ccc3c(c2)c(-c2ccc4oc5ccccc5c4c2)cc2cc4sc5ccccc5c4cc23)cc1. The highest BCUT2D eigenvalue weighted by Crippen LogP contribution is 2.43. The fourth-order valence-corrected chi connectivity index (χ4v) is 7.45. The van der Waals surface area contributed by atoms with Gasteiger partial charge in [-0.15, -0.1) is 11.3 Å². The second-order valence-electron chi connectivity index (χ2n) is 10.5. The van der Waals surface area contributed by atoms with Crippen LogP contribution in [0.15, 0.2) is 138 Å². The third-order valence-corrected chi connectivity index (χ3v) is 9.38. The van der Waals surface area contributed by atoms with E-state index in [1.807, 2.05) is 23.5 Å². The van der Waals surface area contributed by atoms with Crippen molar-refractivity contribution in [1.82, 2.24) is 0 Å². The Kier molecular flexibility index (Phi) is 4.55. The smallest absolute Gasteiger partial charge is 0.135 e. The number of furan rings is 1. The van der Waals surface area contributed by atoms with E-state index in [1.54, 1.807) is 0 Å². The van der Waals surface area contributed by atoms with Crippen LogP contribution in [0.4, 0.5) is 0 Å². The van der Waals surface area contributed by atoms with Gasteiger partial charge in [-0.1, -0.05) is 84.9 Å². The van der Waals surface area contributed by atoms with Crippen molar-refractivity contribution < 1.29 is 4.42 Å². The Morgan fingerprint density at radius 3 is 2.05 bits per heavy atom. The van der Waals surface area contributed by atoms with Crippen molar-refractivity contribution in [3.63, 3.8) is 0 Å². The molecule has 0 atom stereocenters. The van der Waals surface area contributed by atoms with E-state index in [0.29, 0.717) is 0 Å². The first-order chi connectivity index (χ1) is 19.8. The van der Waals surface area contributed by atoms with Crippen LogP contribution in [0.2, 0.25) is 0 Å². The molecule has 0 aliphatic rings. The van der Waals surface area contributed by atoms with Gasteiger partial charge in [-0.2, -0.15) is 0 Å². The second-order valence-corrected chi connectivity index (χ2v) is 11.6. The monoisotopic (exact) mass is 526 g/mol. The predicted octanol–water partition coefficient (Wildman–Crippen LogP) is 11.6. The van der Waals surface area contributed by atoms with Gasteiger partial charge in [0.1, 0.15) is 11.2 Å². The van der Waals surface area contributed by atoms with E-state index in [4.69, 9.17) is 4.42 Å². The highest BCUT2D eigenvalue weighted by molar-refractivity contribution is 7.25. The third-order valence-electron chi connectivity index (χ3n) is 8.24. The van der Waals surface area contributed by atoms with Gasteiger partial charge < -0.3 is 4.42 Å². The first-order valence-electron chi connectivity index (χ1n) is 13.6. The van der Waals surface area contributed by atoms with Crippen LogP contribution < -0.4 is 0 Å². The summed E-state index contributed by atoms with van der Waals surface area (Å²) in [6.07, 6.45) is 0. The molecule has 0 amide bonds. The van der Waals surface area contributed by atoms with E-state index in [-0.39, 0.29) is 0 Å². The van der Waals surface area contributed by atoms with Gasteiger partial charge in [0.05, 0.1) is 0 Å². The molecule has 0 aliphatic heterocycles. The number of benzene rings is 7. The summed E-state index contributed by atoms with van der Waals surface area (Å²) in [5.41, 5.74) is 6.75. The van der Waals surface area contributed by atoms with Gasteiger partial charge in [-0.3, -0.25) is 0 Å². The molecule has 0 aliphatic carbocycles. The van der Waals surface area contributed by atoms with Crippen LogP contribution in [0.25, 0.3) is 85.9 Å². The molecule has 9 rings (SSSR count). The summed E-state index contributed by atoms with van der Waals surface area (Å²) in [7, 11) is 0. The fourth-order valence-electron chi connectivity index (χ4n) is 6.32. The average molecular weight is 527 g/mol. The summed E-state index contributed by atoms with van der Waals surface area (Å²) in [5, 5.41) is 10.1. The Morgan fingerprint density at radius 2 is 1.12 bits per heavy atom. The summed E-state index contributed by atoms with van der Waals surface area (Å²) in [6.45, 7) is 0. The molecule has 2 heteroatoms. The molecule has 0 N–H and O–H groups in total. The second kappa shape index (κ2) is 8.29. The van der Waals surface area contributed by atoms with Gasteiger partial charge >= 0.3 is 0 Å². The molecular weight excluding hydrogens is 504 g/mol. The number of fused-ring (bicyclic) bond motifs is 9. The number of hydrogen-bond donors (Lipinski definition) is 0. The molecule has 9 aromatic rings. The maximum Gasteiger partial charge on any atom is 0.135 e. The van der Waals surface area contributed by atoms with E-state index in [9.17, 15) is 0 Å². The normalized spacial score (nSPS) is 12.0. The molecule has 2 aromatic heterocycles. The average Bonchev–Trinajstić information content (AvgIpc) is 3.57. The van der Waals surface area contributed by atoms with Crippen molar-refractivity contribution in [1.29, 1.82) is 0 Å². The van der Waals surface area contributed by atoms with E-state index in [0.717, 1.165) is 21.9 Å². The standard InChI is InChI=1S/C38H22OS/c1-2-8-23(9-3-1)24-14-16-27-31-22-34-29-11-5-7-13-37(29)40-38(34)21-26(31)20-30(32(27)18-24)25-15-17-36-33(19-25)28-10-4-6-12-35(28)39-36/h1-22H. The van der Waals surface area contributed by atoms with Crippen LogP contribution in [0.1, 0.15) is 0 Å². The summed E-state index contributed by atoms with van der Waals surface area (Å²) < 4.78 is 8.82. The van der Waals surface area contributed by atoms with Gasteiger partial charge in [0.15, 0.2) is 0 Å². The van der Waals surface area contributed by atoms with E-state index in [1.165, 1.54) is 64.0 Å². The zero-order chi connectivity index (χ0) is 26.2. The van der Waals surface area contributed by atoms with Crippen LogP contribution in [0.3, 0.4) is 0 Å². The minimum absolute atomic E-state index is 0.923. The quantitative estimate of drug-likeness (QED) is 0.204. The molecular formula is C38H22OS. The molecule has 0 spiro atoms. The largest absolute Gasteiger partial charge is 0.456 e. The predicted molar refractivity (Wildman–Crippen MR) is 172 cm³/mol. The lowest BCUT2D eigenvalue weighted by molar-refractivity contribution is 0.669. The summed E-state index contributed by atoms with van der Waals surface area (Å²) in [4.78, 5) is 0. The molecule has 0 saturated carbocycles. The molecule has 2 heterocycles. The van der Waals surface area contributed by atoms with Gasteiger partial charge in [-0.05, 0) is 92.3 Å². The minimum Gasteiger partial charge on any atom is -0.456 e. The van der Waals surface area contributed by atoms with Crippen molar-refractivity contribution in [3.05, 3.63) is 133 Å². The first kappa shape index (κ1) is 22.0. The number of rotatable bonds is 2. The molecule has 0 fully saturated rings. The zero-order valence-corrected chi connectivity index (χ0v) is 22.3. The van der Waals surface area contributed by atoms with Crippen LogP contribution >= 0.6 is 11.3 Å². The number of thiophene rings is 1. The Bertz CT molecular complexity index is 2420. The highest BCUT2D eigenvalue weighted by Gasteiger charge is 2.15. The minimum atomic E-state index is 0.923. The van der Waals surface area contributed by atoms with Crippen LogP contribution in [0, 0.1) is 0 Å². The Hall–Kier alpha value is -4.92. The molecule has 0 bridgehead atoms. The summed E-state index contributed by atoms with van der Waals surface area (Å²) in [6, 6.07) is 48.5. The van der Waals surface area contributed by atoms with Gasteiger partial charge in [0.2, 0.25) is 0 Å².